The quantitative estimate of drug-likeness (QED) is 0.707. The molecule has 1 aliphatic carbocycles. The Morgan fingerprint density at radius 3 is 2.95 bits per heavy atom. The number of aromatic nitrogens is 1. The molecule has 2 aromatic heterocycles. The number of carbonyl (C=O) groups is 1. The van der Waals surface area contributed by atoms with Crippen LogP contribution in [0.5, 0.6) is 0 Å². The number of aromatic carboxylic acids is 1. The molecule has 4 heteroatoms. The van der Waals surface area contributed by atoms with Crippen molar-refractivity contribution in [2.45, 2.75) is 12.8 Å². The standard InChI is InChI=1S/C15H11NO2S/c17-15(18)13-7-10-12(19-13)6-5-9-8-3-1-2-4-11(8)16-14(9)10/h1-4,7,16H,5-6H2,(H,17,18). The molecule has 2 N–H and O–H groups in total. The molecule has 0 spiro atoms. The lowest BCUT2D eigenvalue weighted by molar-refractivity contribution is 0.0702. The van der Waals surface area contributed by atoms with E-state index < -0.39 is 5.97 Å². The van der Waals surface area contributed by atoms with E-state index in [1.807, 2.05) is 12.1 Å². The minimum absolute atomic E-state index is 0.427. The molecule has 1 aromatic carbocycles. The molecular weight excluding hydrogens is 258 g/mol. The van der Waals surface area contributed by atoms with Gasteiger partial charge in [0.1, 0.15) is 4.88 Å². The zero-order chi connectivity index (χ0) is 13.0. The lowest BCUT2D eigenvalue weighted by Gasteiger charge is -2.11. The third-order valence-corrected chi connectivity index (χ3v) is 4.89. The maximum Gasteiger partial charge on any atom is 0.345 e. The van der Waals surface area contributed by atoms with E-state index in [4.69, 9.17) is 5.11 Å². The number of H-pyrrole nitrogens is 1. The third-order valence-electron chi connectivity index (χ3n) is 3.70. The zero-order valence-electron chi connectivity index (χ0n) is 10.1. The normalized spacial score (nSPS) is 13.3. The first-order valence-corrected chi connectivity index (χ1v) is 7.01. The van der Waals surface area contributed by atoms with E-state index in [1.54, 1.807) is 6.07 Å². The number of para-hydroxylation sites is 1. The zero-order valence-corrected chi connectivity index (χ0v) is 10.9. The van der Waals surface area contributed by atoms with Crippen molar-refractivity contribution >= 4 is 28.2 Å². The van der Waals surface area contributed by atoms with Gasteiger partial charge in [0, 0.05) is 21.3 Å². The molecule has 0 saturated heterocycles. The van der Waals surface area contributed by atoms with Crippen LogP contribution < -0.4 is 0 Å². The molecule has 0 fully saturated rings. The molecular formula is C15H11NO2S. The van der Waals surface area contributed by atoms with Crippen molar-refractivity contribution in [2.24, 2.45) is 0 Å². The Balaban J connectivity index is 2.01. The van der Waals surface area contributed by atoms with Crippen LogP contribution in [-0.2, 0) is 12.8 Å². The average molecular weight is 269 g/mol. The van der Waals surface area contributed by atoms with Gasteiger partial charge in [-0.2, -0.15) is 0 Å². The smallest absolute Gasteiger partial charge is 0.345 e. The molecule has 3 nitrogen and oxygen atoms in total. The van der Waals surface area contributed by atoms with Crippen molar-refractivity contribution in [2.75, 3.05) is 0 Å². The minimum Gasteiger partial charge on any atom is -0.477 e. The van der Waals surface area contributed by atoms with E-state index in [-0.39, 0.29) is 0 Å². The van der Waals surface area contributed by atoms with Crippen molar-refractivity contribution in [1.29, 1.82) is 0 Å². The number of carboxylic acid groups (broad SMARTS) is 1. The molecule has 0 aliphatic heterocycles. The Bertz CT molecular complexity index is 813. The van der Waals surface area contributed by atoms with Crippen LogP contribution in [0.15, 0.2) is 30.3 Å². The van der Waals surface area contributed by atoms with E-state index in [9.17, 15) is 4.79 Å². The fourth-order valence-corrected chi connectivity index (χ4v) is 3.86. The highest BCUT2D eigenvalue weighted by atomic mass is 32.1. The van der Waals surface area contributed by atoms with Gasteiger partial charge in [0.15, 0.2) is 0 Å². The lowest BCUT2D eigenvalue weighted by atomic mass is 9.95. The Kier molecular flexibility index (Phi) is 2.11. The van der Waals surface area contributed by atoms with Crippen LogP contribution in [0.1, 0.15) is 20.1 Å². The van der Waals surface area contributed by atoms with Gasteiger partial charge in [0.25, 0.3) is 0 Å². The predicted molar refractivity (Wildman–Crippen MR) is 76.0 cm³/mol. The minimum atomic E-state index is -0.836. The number of aromatic amines is 1. The summed E-state index contributed by atoms with van der Waals surface area (Å²) in [4.78, 5) is 16.1. The maximum absolute atomic E-state index is 11.1. The van der Waals surface area contributed by atoms with Crippen LogP contribution in [0.2, 0.25) is 0 Å². The Morgan fingerprint density at radius 2 is 2.11 bits per heavy atom. The number of carboxylic acids is 1. The first-order chi connectivity index (χ1) is 9.24. The van der Waals surface area contributed by atoms with E-state index in [1.165, 1.54) is 27.2 Å². The van der Waals surface area contributed by atoms with Gasteiger partial charge in [-0.05, 0) is 30.5 Å². The van der Waals surface area contributed by atoms with Gasteiger partial charge >= 0.3 is 5.97 Å². The van der Waals surface area contributed by atoms with E-state index in [2.05, 4.69) is 17.1 Å². The monoisotopic (exact) mass is 269 g/mol. The second-order valence-electron chi connectivity index (χ2n) is 4.78. The Labute approximate surface area is 113 Å². The van der Waals surface area contributed by atoms with Gasteiger partial charge in [-0.3, -0.25) is 0 Å². The first-order valence-electron chi connectivity index (χ1n) is 6.20. The Hall–Kier alpha value is -2.07. The van der Waals surface area contributed by atoms with Crippen LogP contribution in [0.25, 0.3) is 22.2 Å². The number of benzene rings is 1. The van der Waals surface area contributed by atoms with E-state index >= 15 is 0 Å². The largest absolute Gasteiger partial charge is 0.477 e. The van der Waals surface area contributed by atoms with Crippen molar-refractivity contribution in [1.82, 2.24) is 4.98 Å². The van der Waals surface area contributed by atoms with Gasteiger partial charge in [-0.1, -0.05) is 18.2 Å². The molecule has 0 bridgehead atoms. The SMILES string of the molecule is O=C(O)c1cc2c(s1)CCc1c-2[nH]c2ccccc12. The summed E-state index contributed by atoms with van der Waals surface area (Å²) in [5.41, 5.74) is 4.62. The summed E-state index contributed by atoms with van der Waals surface area (Å²) >= 11 is 1.40. The molecule has 19 heavy (non-hydrogen) atoms. The number of rotatable bonds is 1. The van der Waals surface area contributed by atoms with Gasteiger partial charge in [0.05, 0.1) is 5.69 Å². The molecule has 2 heterocycles. The molecule has 4 rings (SSSR count). The molecule has 3 aromatic rings. The average Bonchev–Trinajstić information content (AvgIpc) is 2.99. The molecule has 0 atom stereocenters. The predicted octanol–water partition coefficient (Wildman–Crippen LogP) is 3.69. The molecule has 1 aliphatic rings. The Morgan fingerprint density at radius 1 is 1.26 bits per heavy atom. The number of hydrogen-bond donors (Lipinski definition) is 2. The summed E-state index contributed by atoms with van der Waals surface area (Å²) in [6.07, 6.45) is 1.91. The second kappa shape index (κ2) is 3.71. The maximum atomic E-state index is 11.1. The summed E-state index contributed by atoms with van der Waals surface area (Å²) in [6.45, 7) is 0. The van der Waals surface area contributed by atoms with Crippen LogP contribution in [0.4, 0.5) is 0 Å². The highest BCUT2D eigenvalue weighted by Crippen LogP contribution is 2.41. The summed E-state index contributed by atoms with van der Waals surface area (Å²) < 4.78 is 0. The highest BCUT2D eigenvalue weighted by molar-refractivity contribution is 7.14. The van der Waals surface area contributed by atoms with Crippen LogP contribution in [0.3, 0.4) is 0 Å². The molecule has 0 saturated carbocycles. The third kappa shape index (κ3) is 1.47. The highest BCUT2D eigenvalue weighted by Gasteiger charge is 2.24. The number of fused-ring (bicyclic) bond motifs is 5. The molecule has 94 valence electrons. The number of hydrogen-bond acceptors (Lipinski definition) is 2. The molecule has 0 amide bonds. The summed E-state index contributed by atoms with van der Waals surface area (Å²) in [6, 6.07) is 10.1. The van der Waals surface area contributed by atoms with E-state index in [0.717, 1.165) is 29.6 Å². The summed E-state index contributed by atoms with van der Waals surface area (Å²) in [7, 11) is 0. The van der Waals surface area contributed by atoms with Gasteiger partial charge in [-0.25, -0.2) is 4.79 Å². The first kappa shape index (κ1) is 10.8. The van der Waals surface area contributed by atoms with Crippen molar-refractivity contribution < 1.29 is 9.90 Å². The van der Waals surface area contributed by atoms with Crippen LogP contribution >= 0.6 is 11.3 Å². The molecule has 0 unspecified atom stereocenters. The summed E-state index contributed by atoms with van der Waals surface area (Å²) in [5, 5.41) is 10.4. The van der Waals surface area contributed by atoms with Gasteiger partial charge in [0.2, 0.25) is 0 Å². The van der Waals surface area contributed by atoms with Crippen LogP contribution in [0, 0.1) is 0 Å². The number of thiophene rings is 1. The van der Waals surface area contributed by atoms with Crippen molar-refractivity contribution in [3.63, 3.8) is 0 Å². The van der Waals surface area contributed by atoms with Gasteiger partial charge < -0.3 is 10.1 Å². The van der Waals surface area contributed by atoms with Crippen molar-refractivity contribution in [3.05, 3.63) is 45.6 Å². The van der Waals surface area contributed by atoms with E-state index in [0.29, 0.717) is 4.88 Å². The van der Waals surface area contributed by atoms with Crippen LogP contribution in [-0.4, -0.2) is 16.1 Å². The molecule has 0 radical (unpaired) electrons. The number of nitrogens with one attached hydrogen (secondary N) is 1. The fraction of sp³-hybridized carbons (Fsp3) is 0.133. The second-order valence-corrected chi connectivity index (χ2v) is 5.91. The number of aryl methyl sites for hydroxylation is 2. The summed E-state index contributed by atoms with van der Waals surface area (Å²) in [5.74, 6) is -0.836. The fourth-order valence-electron chi connectivity index (χ4n) is 2.86. The van der Waals surface area contributed by atoms with Crippen molar-refractivity contribution in [3.8, 4) is 11.3 Å². The lowest BCUT2D eigenvalue weighted by Crippen LogP contribution is -1.98. The topological polar surface area (TPSA) is 53.1 Å². The van der Waals surface area contributed by atoms with Gasteiger partial charge in [-0.15, -0.1) is 11.3 Å².